The second-order valence-corrected chi connectivity index (χ2v) is 6.51. The van der Waals surface area contributed by atoms with Crippen LogP contribution in [0.5, 0.6) is 0 Å². The van der Waals surface area contributed by atoms with E-state index in [2.05, 4.69) is 5.10 Å². The molecular formula is C18H18FN3O3. The zero-order chi connectivity index (χ0) is 17.6. The highest BCUT2D eigenvalue weighted by Crippen LogP contribution is 2.30. The molecule has 1 unspecified atom stereocenters. The lowest BCUT2D eigenvalue weighted by Crippen LogP contribution is -2.40. The molecule has 0 radical (unpaired) electrons. The molecule has 25 heavy (non-hydrogen) atoms. The maximum atomic E-state index is 13.6. The summed E-state index contributed by atoms with van der Waals surface area (Å²) < 4.78 is 15.2. The number of rotatable bonds is 3. The molecule has 1 saturated heterocycles. The Bertz CT molecular complexity index is 861. The van der Waals surface area contributed by atoms with Crippen molar-refractivity contribution in [2.45, 2.75) is 38.1 Å². The summed E-state index contributed by atoms with van der Waals surface area (Å²) in [7, 11) is 0. The van der Waals surface area contributed by atoms with Gasteiger partial charge in [-0.15, -0.1) is 0 Å². The van der Waals surface area contributed by atoms with Crippen LogP contribution in [-0.4, -0.2) is 44.3 Å². The molecular weight excluding hydrogens is 325 g/mol. The molecule has 4 rings (SSSR count). The van der Waals surface area contributed by atoms with Crippen molar-refractivity contribution in [1.29, 1.82) is 0 Å². The van der Waals surface area contributed by atoms with Gasteiger partial charge < -0.3 is 10.0 Å². The standard InChI is InChI=1S/C18H18FN3O3/c19-11-4-1-5-12(10-11)22-14-7-2-6-13(14)16(20-22)17(23)21-9-3-8-15(21)18(24)25/h1,4-5,10,15H,2-3,6-9H2,(H,24,25). The molecule has 2 aromatic rings. The van der Waals surface area contributed by atoms with Crippen LogP contribution in [0.1, 0.15) is 41.0 Å². The number of carboxylic acid groups (broad SMARTS) is 1. The van der Waals surface area contributed by atoms with Crippen molar-refractivity contribution in [3.63, 3.8) is 0 Å². The largest absolute Gasteiger partial charge is 0.480 e. The second-order valence-electron chi connectivity index (χ2n) is 6.51. The summed E-state index contributed by atoms with van der Waals surface area (Å²) in [6.45, 7) is 0.428. The van der Waals surface area contributed by atoms with Crippen LogP contribution >= 0.6 is 0 Å². The van der Waals surface area contributed by atoms with E-state index in [9.17, 15) is 19.1 Å². The SMILES string of the molecule is O=C(O)C1CCCN1C(=O)c1nn(-c2cccc(F)c2)c2c1CCC2. The van der Waals surface area contributed by atoms with Gasteiger partial charge in [-0.25, -0.2) is 13.9 Å². The van der Waals surface area contributed by atoms with E-state index in [-0.39, 0.29) is 11.7 Å². The summed E-state index contributed by atoms with van der Waals surface area (Å²) in [5, 5.41) is 13.8. The van der Waals surface area contributed by atoms with Crippen LogP contribution < -0.4 is 0 Å². The molecule has 1 aromatic heterocycles. The van der Waals surface area contributed by atoms with E-state index in [1.807, 2.05) is 0 Å². The van der Waals surface area contributed by atoms with Gasteiger partial charge in [0.05, 0.1) is 5.69 Å². The average Bonchev–Trinajstić information content (AvgIpc) is 3.29. The molecule has 1 aliphatic heterocycles. The Hall–Kier alpha value is -2.70. The number of carboxylic acids is 1. The normalized spacial score (nSPS) is 19.2. The first kappa shape index (κ1) is 15.8. The van der Waals surface area contributed by atoms with Crippen molar-refractivity contribution in [2.75, 3.05) is 6.54 Å². The number of aromatic nitrogens is 2. The quantitative estimate of drug-likeness (QED) is 0.927. The van der Waals surface area contributed by atoms with Crippen molar-refractivity contribution in [2.24, 2.45) is 0 Å². The second kappa shape index (κ2) is 5.98. The molecule has 0 saturated carbocycles. The molecule has 1 N–H and O–H groups in total. The van der Waals surface area contributed by atoms with Gasteiger partial charge in [-0.2, -0.15) is 5.10 Å². The molecule has 2 heterocycles. The Morgan fingerprint density at radius 1 is 1.24 bits per heavy atom. The van der Waals surface area contributed by atoms with E-state index < -0.39 is 12.0 Å². The van der Waals surface area contributed by atoms with Gasteiger partial charge >= 0.3 is 5.97 Å². The number of hydrogen-bond donors (Lipinski definition) is 1. The number of hydrogen-bond acceptors (Lipinski definition) is 3. The smallest absolute Gasteiger partial charge is 0.326 e. The lowest BCUT2D eigenvalue weighted by atomic mass is 10.1. The van der Waals surface area contributed by atoms with Crippen LogP contribution in [0.2, 0.25) is 0 Å². The van der Waals surface area contributed by atoms with Gasteiger partial charge in [0, 0.05) is 17.8 Å². The summed E-state index contributed by atoms with van der Waals surface area (Å²) in [6, 6.07) is 5.31. The zero-order valence-corrected chi connectivity index (χ0v) is 13.6. The van der Waals surface area contributed by atoms with E-state index in [1.165, 1.54) is 17.0 Å². The van der Waals surface area contributed by atoms with E-state index in [1.54, 1.807) is 16.8 Å². The lowest BCUT2D eigenvalue weighted by Gasteiger charge is -2.20. The number of amides is 1. The molecule has 130 valence electrons. The van der Waals surface area contributed by atoms with Crippen LogP contribution in [0.3, 0.4) is 0 Å². The van der Waals surface area contributed by atoms with E-state index >= 15 is 0 Å². The van der Waals surface area contributed by atoms with E-state index in [0.29, 0.717) is 30.8 Å². The van der Waals surface area contributed by atoms with Crippen LogP contribution in [0, 0.1) is 5.82 Å². The van der Waals surface area contributed by atoms with Gasteiger partial charge in [0.25, 0.3) is 5.91 Å². The van der Waals surface area contributed by atoms with Crippen molar-refractivity contribution >= 4 is 11.9 Å². The zero-order valence-electron chi connectivity index (χ0n) is 13.6. The molecule has 2 aliphatic rings. The number of halogens is 1. The predicted octanol–water partition coefficient (Wildman–Crippen LogP) is 2.19. The Labute approximate surface area is 143 Å². The molecule has 1 atom stereocenters. The fraction of sp³-hybridized carbons (Fsp3) is 0.389. The molecule has 1 amide bonds. The lowest BCUT2D eigenvalue weighted by molar-refractivity contribution is -0.141. The van der Waals surface area contributed by atoms with Gasteiger partial charge in [-0.05, 0) is 50.3 Å². The number of aliphatic carboxylic acids is 1. The Morgan fingerprint density at radius 2 is 2.08 bits per heavy atom. The molecule has 1 aliphatic carbocycles. The number of carbonyl (C=O) groups is 2. The van der Waals surface area contributed by atoms with Crippen LogP contribution in [0.4, 0.5) is 4.39 Å². The minimum atomic E-state index is -0.980. The summed E-state index contributed by atoms with van der Waals surface area (Å²) >= 11 is 0. The van der Waals surface area contributed by atoms with Crippen molar-refractivity contribution in [1.82, 2.24) is 14.7 Å². The van der Waals surface area contributed by atoms with Crippen molar-refractivity contribution < 1.29 is 19.1 Å². The van der Waals surface area contributed by atoms with Crippen molar-refractivity contribution in [3.05, 3.63) is 47.0 Å². The molecule has 6 nitrogen and oxygen atoms in total. The van der Waals surface area contributed by atoms with Gasteiger partial charge in [-0.1, -0.05) is 6.07 Å². The predicted molar refractivity (Wildman–Crippen MR) is 87.2 cm³/mol. The third-order valence-electron chi connectivity index (χ3n) is 4.98. The maximum Gasteiger partial charge on any atom is 0.326 e. The van der Waals surface area contributed by atoms with Gasteiger partial charge in [0.2, 0.25) is 0 Å². The summed E-state index contributed by atoms with van der Waals surface area (Å²) in [5.74, 6) is -1.68. The average molecular weight is 343 g/mol. The number of fused-ring (bicyclic) bond motifs is 1. The van der Waals surface area contributed by atoms with Gasteiger partial charge in [-0.3, -0.25) is 4.79 Å². The van der Waals surface area contributed by atoms with Crippen LogP contribution in [0.15, 0.2) is 24.3 Å². The van der Waals surface area contributed by atoms with E-state index in [4.69, 9.17) is 0 Å². The topological polar surface area (TPSA) is 75.4 Å². The minimum Gasteiger partial charge on any atom is -0.480 e. The third-order valence-corrected chi connectivity index (χ3v) is 4.98. The highest BCUT2D eigenvalue weighted by molar-refractivity contribution is 5.97. The highest BCUT2D eigenvalue weighted by atomic mass is 19.1. The van der Waals surface area contributed by atoms with E-state index in [0.717, 1.165) is 30.5 Å². The molecule has 7 heteroatoms. The van der Waals surface area contributed by atoms with Crippen molar-refractivity contribution in [3.8, 4) is 5.69 Å². The summed E-state index contributed by atoms with van der Waals surface area (Å²) in [5.41, 5.74) is 2.67. The fourth-order valence-electron chi connectivity index (χ4n) is 3.83. The minimum absolute atomic E-state index is 0.310. The van der Waals surface area contributed by atoms with Gasteiger partial charge in [0.1, 0.15) is 11.9 Å². The monoisotopic (exact) mass is 343 g/mol. The summed E-state index contributed by atoms with van der Waals surface area (Å²) in [6.07, 6.45) is 3.56. The van der Waals surface area contributed by atoms with Gasteiger partial charge in [0.15, 0.2) is 5.69 Å². The third kappa shape index (κ3) is 2.59. The number of carbonyl (C=O) groups excluding carboxylic acids is 1. The Morgan fingerprint density at radius 3 is 2.84 bits per heavy atom. The first-order valence-corrected chi connectivity index (χ1v) is 8.47. The highest BCUT2D eigenvalue weighted by Gasteiger charge is 2.37. The van der Waals surface area contributed by atoms with Crippen LogP contribution in [-0.2, 0) is 17.6 Å². The Kier molecular flexibility index (Phi) is 3.78. The number of nitrogens with zero attached hydrogens (tertiary/aromatic N) is 3. The molecule has 1 fully saturated rings. The number of likely N-dealkylation sites (tertiary alicyclic amines) is 1. The van der Waals surface area contributed by atoms with Crippen LogP contribution in [0.25, 0.3) is 5.69 Å². The fourth-order valence-corrected chi connectivity index (χ4v) is 3.83. The summed E-state index contributed by atoms with van der Waals surface area (Å²) in [4.78, 5) is 25.7. The first-order valence-electron chi connectivity index (χ1n) is 8.47. The number of benzene rings is 1. The molecule has 0 spiro atoms. The molecule has 1 aromatic carbocycles. The Balaban J connectivity index is 1.75. The first-order chi connectivity index (χ1) is 12.1. The molecule has 0 bridgehead atoms. The maximum absolute atomic E-state index is 13.6.